The lowest BCUT2D eigenvalue weighted by Crippen LogP contribution is -2.22. The number of rotatable bonds is 5. The average Bonchev–Trinajstić information content (AvgIpc) is 3.22. The predicted octanol–water partition coefficient (Wildman–Crippen LogP) is 5.08. The van der Waals surface area contributed by atoms with Crippen molar-refractivity contribution >= 4 is 38.7 Å². The highest BCUT2D eigenvalue weighted by atomic mass is 79.9. The molecule has 31 heavy (non-hydrogen) atoms. The number of nitro benzene ring substituents is 1. The van der Waals surface area contributed by atoms with Crippen LogP contribution in [0.2, 0.25) is 0 Å². The number of benzene rings is 2. The van der Waals surface area contributed by atoms with Crippen LogP contribution in [0.5, 0.6) is 0 Å². The molecule has 156 valence electrons. The smallest absolute Gasteiger partial charge is 0.282 e. The summed E-state index contributed by atoms with van der Waals surface area (Å²) in [4.78, 5) is 28.2. The molecule has 0 unspecified atom stereocenters. The van der Waals surface area contributed by atoms with Gasteiger partial charge in [0.2, 0.25) is 0 Å². The minimum Gasteiger partial charge on any atom is -0.455 e. The Hall–Kier alpha value is -3.59. The summed E-state index contributed by atoms with van der Waals surface area (Å²) < 4.78 is 7.81. The van der Waals surface area contributed by atoms with Gasteiger partial charge in [-0.3, -0.25) is 14.9 Å². The first-order valence-electron chi connectivity index (χ1n) is 9.48. The van der Waals surface area contributed by atoms with Crippen molar-refractivity contribution in [3.05, 3.63) is 90.6 Å². The highest BCUT2D eigenvalue weighted by Crippen LogP contribution is 2.28. The molecule has 0 spiro atoms. The Labute approximate surface area is 185 Å². The number of nitrogens with zero attached hydrogens (tertiary/aromatic N) is 4. The van der Waals surface area contributed by atoms with Gasteiger partial charge in [0.05, 0.1) is 22.0 Å². The second-order valence-corrected chi connectivity index (χ2v) is 7.78. The lowest BCUT2D eigenvalue weighted by molar-refractivity contribution is -0.385. The highest BCUT2D eigenvalue weighted by molar-refractivity contribution is 9.10. The Balaban J connectivity index is 1.71. The standard InChI is InChI=1S/C22H17BrN4O4/c1-3-21-25-18-8-6-15(23)11-17(18)22(28)26(21)24-12-16-7-9-20(31-16)14-5-4-13(2)19(10-14)27(29)30/h4-12H,3H2,1-2H3. The fourth-order valence-corrected chi connectivity index (χ4v) is 3.56. The number of nitro groups is 1. The van der Waals surface area contributed by atoms with Crippen LogP contribution < -0.4 is 5.56 Å². The molecule has 0 aliphatic heterocycles. The van der Waals surface area contributed by atoms with Crippen LogP contribution in [0, 0.1) is 17.0 Å². The molecule has 0 atom stereocenters. The molecule has 0 fully saturated rings. The molecule has 0 saturated carbocycles. The molecular formula is C22H17BrN4O4. The van der Waals surface area contributed by atoms with E-state index in [1.807, 2.05) is 13.0 Å². The number of halogens is 1. The molecule has 0 aliphatic rings. The van der Waals surface area contributed by atoms with Gasteiger partial charge in [-0.15, -0.1) is 0 Å². The molecule has 0 N–H and O–H groups in total. The van der Waals surface area contributed by atoms with Gasteiger partial charge in [-0.2, -0.15) is 9.78 Å². The fraction of sp³-hybridized carbons (Fsp3) is 0.136. The summed E-state index contributed by atoms with van der Waals surface area (Å²) in [5.74, 6) is 1.40. The van der Waals surface area contributed by atoms with Gasteiger partial charge in [-0.05, 0) is 37.3 Å². The topological polar surface area (TPSA) is 104 Å². The Bertz CT molecular complexity index is 1400. The highest BCUT2D eigenvalue weighted by Gasteiger charge is 2.14. The zero-order valence-corrected chi connectivity index (χ0v) is 18.3. The van der Waals surface area contributed by atoms with E-state index in [0.29, 0.717) is 45.8 Å². The number of hydrogen-bond donors (Lipinski definition) is 0. The normalized spacial score (nSPS) is 11.5. The van der Waals surface area contributed by atoms with E-state index in [4.69, 9.17) is 4.42 Å². The van der Waals surface area contributed by atoms with Crippen molar-refractivity contribution in [2.45, 2.75) is 20.3 Å². The van der Waals surface area contributed by atoms with Crippen molar-refractivity contribution in [1.82, 2.24) is 9.66 Å². The number of aromatic nitrogens is 2. The summed E-state index contributed by atoms with van der Waals surface area (Å²) in [6.07, 6.45) is 1.95. The molecule has 0 aliphatic carbocycles. The van der Waals surface area contributed by atoms with Crippen LogP contribution in [0.3, 0.4) is 0 Å². The van der Waals surface area contributed by atoms with E-state index in [1.54, 1.807) is 43.3 Å². The van der Waals surface area contributed by atoms with Crippen LogP contribution in [0.4, 0.5) is 5.69 Å². The second-order valence-electron chi connectivity index (χ2n) is 6.86. The van der Waals surface area contributed by atoms with Crippen LogP contribution in [-0.4, -0.2) is 20.8 Å². The van der Waals surface area contributed by atoms with Gasteiger partial charge in [0, 0.05) is 28.1 Å². The summed E-state index contributed by atoms with van der Waals surface area (Å²) in [6, 6.07) is 13.6. The molecule has 2 aromatic carbocycles. The van der Waals surface area contributed by atoms with E-state index in [0.717, 1.165) is 4.47 Å². The van der Waals surface area contributed by atoms with Crippen molar-refractivity contribution < 1.29 is 9.34 Å². The Morgan fingerprint density at radius 2 is 2.03 bits per heavy atom. The maximum Gasteiger partial charge on any atom is 0.282 e. The molecule has 0 saturated heterocycles. The van der Waals surface area contributed by atoms with Gasteiger partial charge >= 0.3 is 0 Å². The quantitative estimate of drug-likeness (QED) is 0.225. The van der Waals surface area contributed by atoms with E-state index in [2.05, 4.69) is 26.0 Å². The monoisotopic (exact) mass is 480 g/mol. The van der Waals surface area contributed by atoms with Crippen molar-refractivity contribution in [3.8, 4) is 11.3 Å². The molecule has 2 heterocycles. The van der Waals surface area contributed by atoms with Crippen molar-refractivity contribution in [3.63, 3.8) is 0 Å². The summed E-state index contributed by atoms with van der Waals surface area (Å²) in [5.41, 5.74) is 1.51. The molecule has 0 amide bonds. The molecule has 9 heteroatoms. The van der Waals surface area contributed by atoms with E-state index in [1.165, 1.54) is 17.0 Å². The number of furan rings is 1. The average molecular weight is 481 g/mol. The first-order valence-corrected chi connectivity index (χ1v) is 10.3. The minimum atomic E-state index is -0.423. The lowest BCUT2D eigenvalue weighted by Gasteiger charge is -2.07. The minimum absolute atomic E-state index is 0.0247. The largest absolute Gasteiger partial charge is 0.455 e. The summed E-state index contributed by atoms with van der Waals surface area (Å²) in [5, 5.41) is 15.9. The van der Waals surface area contributed by atoms with Gasteiger partial charge in [0.1, 0.15) is 17.3 Å². The lowest BCUT2D eigenvalue weighted by atomic mass is 10.1. The first kappa shape index (κ1) is 20.7. The van der Waals surface area contributed by atoms with Gasteiger partial charge < -0.3 is 4.42 Å². The molecular weight excluding hydrogens is 464 g/mol. The van der Waals surface area contributed by atoms with Gasteiger partial charge in [-0.1, -0.05) is 35.0 Å². The molecule has 2 aromatic heterocycles. The Morgan fingerprint density at radius 1 is 1.23 bits per heavy atom. The molecule has 4 aromatic rings. The van der Waals surface area contributed by atoms with Crippen molar-refractivity contribution in [2.75, 3.05) is 0 Å². The van der Waals surface area contributed by atoms with Crippen LogP contribution >= 0.6 is 15.9 Å². The van der Waals surface area contributed by atoms with E-state index < -0.39 is 4.92 Å². The van der Waals surface area contributed by atoms with Gasteiger partial charge in [0.25, 0.3) is 11.2 Å². The van der Waals surface area contributed by atoms with Crippen LogP contribution in [-0.2, 0) is 6.42 Å². The third-order valence-corrected chi connectivity index (χ3v) is 5.30. The molecule has 0 radical (unpaired) electrons. The molecule has 8 nitrogen and oxygen atoms in total. The molecule has 4 rings (SSSR count). The second kappa shape index (κ2) is 8.27. The van der Waals surface area contributed by atoms with Gasteiger partial charge in [-0.25, -0.2) is 4.98 Å². The maximum absolute atomic E-state index is 12.9. The first-order chi connectivity index (χ1) is 14.9. The zero-order valence-electron chi connectivity index (χ0n) is 16.7. The van der Waals surface area contributed by atoms with Crippen LogP contribution in [0.15, 0.2) is 67.3 Å². The Kier molecular flexibility index (Phi) is 5.51. The van der Waals surface area contributed by atoms with E-state index in [9.17, 15) is 14.9 Å². The Morgan fingerprint density at radius 3 is 2.77 bits per heavy atom. The fourth-order valence-electron chi connectivity index (χ4n) is 3.19. The SMILES string of the molecule is CCc1nc2ccc(Br)cc2c(=O)n1N=Cc1ccc(-c2ccc(C)c([N+](=O)[O-])c2)o1. The summed E-state index contributed by atoms with van der Waals surface area (Å²) in [7, 11) is 0. The zero-order chi connectivity index (χ0) is 22.1. The third kappa shape index (κ3) is 4.04. The van der Waals surface area contributed by atoms with E-state index in [-0.39, 0.29) is 11.2 Å². The van der Waals surface area contributed by atoms with Crippen molar-refractivity contribution in [1.29, 1.82) is 0 Å². The number of fused-ring (bicyclic) bond motifs is 1. The van der Waals surface area contributed by atoms with E-state index >= 15 is 0 Å². The number of aryl methyl sites for hydroxylation is 2. The summed E-state index contributed by atoms with van der Waals surface area (Å²) in [6.45, 7) is 3.58. The maximum atomic E-state index is 12.9. The van der Waals surface area contributed by atoms with Crippen molar-refractivity contribution in [2.24, 2.45) is 5.10 Å². The van der Waals surface area contributed by atoms with Crippen LogP contribution in [0.25, 0.3) is 22.2 Å². The van der Waals surface area contributed by atoms with Gasteiger partial charge in [0.15, 0.2) is 0 Å². The third-order valence-electron chi connectivity index (χ3n) is 4.81. The summed E-state index contributed by atoms with van der Waals surface area (Å²) >= 11 is 3.37. The van der Waals surface area contributed by atoms with Crippen LogP contribution in [0.1, 0.15) is 24.1 Å². The molecule has 0 bridgehead atoms. The number of hydrogen-bond acceptors (Lipinski definition) is 6. The predicted molar refractivity (Wildman–Crippen MR) is 122 cm³/mol.